The highest BCUT2D eigenvalue weighted by molar-refractivity contribution is 7.90. The number of hydrogen-bond donors (Lipinski definition) is 3. The maximum Gasteiger partial charge on any atom is 0.337 e. The molecule has 1 aromatic rings. The van der Waals surface area contributed by atoms with Crippen LogP contribution in [0, 0.1) is 11.6 Å². The minimum Gasteiger partial charge on any atom is -0.478 e. The predicted molar refractivity (Wildman–Crippen MR) is 64.2 cm³/mol. The number of hydrogen-bond acceptors (Lipinski definition) is 3. The molecular weight excluding hydrogens is 282 g/mol. The molecule has 0 saturated carbocycles. The maximum absolute atomic E-state index is 13.0. The Morgan fingerprint density at radius 3 is 2.42 bits per heavy atom. The van der Waals surface area contributed by atoms with E-state index >= 15 is 0 Å². The fourth-order valence-corrected chi connectivity index (χ4v) is 2.23. The fourth-order valence-electron chi connectivity index (χ4n) is 1.23. The number of rotatable bonds is 6. The van der Waals surface area contributed by atoms with Gasteiger partial charge in [-0.15, -0.1) is 0 Å². The van der Waals surface area contributed by atoms with E-state index in [0.717, 1.165) is 0 Å². The molecule has 0 bridgehead atoms. The SMILES string of the molecule is CCCNS(=O)(=O)Nc1cc(F)c(F)cc1C(=O)O. The van der Waals surface area contributed by atoms with E-state index in [4.69, 9.17) is 5.11 Å². The van der Waals surface area contributed by atoms with Crippen LogP contribution in [-0.2, 0) is 10.2 Å². The van der Waals surface area contributed by atoms with Crippen molar-refractivity contribution in [3.63, 3.8) is 0 Å². The van der Waals surface area contributed by atoms with Crippen molar-refractivity contribution in [2.45, 2.75) is 13.3 Å². The number of halogens is 2. The van der Waals surface area contributed by atoms with Gasteiger partial charge >= 0.3 is 5.97 Å². The van der Waals surface area contributed by atoms with Crippen LogP contribution in [0.25, 0.3) is 0 Å². The molecule has 6 nitrogen and oxygen atoms in total. The summed E-state index contributed by atoms with van der Waals surface area (Å²) in [6, 6.07) is 0.888. The predicted octanol–water partition coefficient (Wildman–Crippen LogP) is 1.32. The average molecular weight is 294 g/mol. The molecule has 0 amide bonds. The van der Waals surface area contributed by atoms with Crippen LogP contribution in [0.2, 0.25) is 0 Å². The molecular formula is C10H12F2N2O4S. The second kappa shape index (κ2) is 5.93. The van der Waals surface area contributed by atoms with E-state index in [0.29, 0.717) is 18.6 Å². The van der Waals surface area contributed by atoms with E-state index in [2.05, 4.69) is 4.72 Å². The van der Waals surface area contributed by atoms with Crippen molar-refractivity contribution in [1.29, 1.82) is 0 Å². The molecule has 3 N–H and O–H groups in total. The monoisotopic (exact) mass is 294 g/mol. The summed E-state index contributed by atoms with van der Waals surface area (Å²) in [5.41, 5.74) is -1.23. The lowest BCUT2D eigenvalue weighted by Crippen LogP contribution is -2.31. The molecule has 0 heterocycles. The summed E-state index contributed by atoms with van der Waals surface area (Å²) in [6.45, 7) is 1.85. The molecule has 0 atom stereocenters. The Kier molecular flexibility index (Phi) is 4.78. The van der Waals surface area contributed by atoms with E-state index in [1.807, 2.05) is 4.72 Å². The summed E-state index contributed by atoms with van der Waals surface area (Å²) >= 11 is 0. The van der Waals surface area contributed by atoms with Crippen LogP contribution < -0.4 is 9.44 Å². The van der Waals surface area contributed by atoms with Crippen LogP contribution in [0.15, 0.2) is 12.1 Å². The van der Waals surface area contributed by atoms with Gasteiger partial charge in [0.2, 0.25) is 0 Å². The number of carbonyl (C=O) groups is 1. The highest BCUT2D eigenvalue weighted by Gasteiger charge is 2.19. The van der Waals surface area contributed by atoms with Gasteiger partial charge in [-0.2, -0.15) is 13.1 Å². The van der Waals surface area contributed by atoms with E-state index in [9.17, 15) is 22.0 Å². The van der Waals surface area contributed by atoms with Gasteiger partial charge in [-0.1, -0.05) is 6.92 Å². The van der Waals surface area contributed by atoms with Crippen molar-refractivity contribution in [2.75, 3.05) is 11.3 Å². The van der Waals surface area contributed by atoms with Crippen molar-refractivity contribution >= 4 is 21.9 Å². The lowest BCUT2D eigenvalue weighted by molar-refractivity contribution is 0.0697. The Labute approximate surface area is 108 Å². The molecule has 0 aliphatic carbocycles. The van der Waals surface area contributed by atoms with Crippen molar-refractivity contribution in [2.24, 2.45) is 0 Å². The number of anilines is 1. The molecule has 0 aliphatic heterocycles. The zero-order valence-corrected chi connectivity index (χ0v) is 10.7. The number of aromatic carboxylic acids is 1. The number of benzene rings is 1. The maximum atomic E-state index is 13.0. The quantitative estimate of drug-likeness (QED) is 0.737. The fraction of sp³-hybridized carbons (Fsp3) is 0.300. The second-order valence-electron chi connectivity index (χ2n) is 3.62. The highest BCUT2D eigenvalue weighted by atomic mass is 32.2. The first kappa shape index (κ1) is 15.3. The van der Waals surface area contributed by atoms with E-state index in [1.54, 1.807) is 6.92 Å². The van der Waals surface area contributed by atoms with Gasteiger partial charge in [-0.05, 0) is 12.5 Å². The van der Waals surface area contributed by atoms with Crippen molar-refractivity contribution < 1.29 is 27.1 Å². The molecule has 9 heteroatoms. The Hall–Kier alpha value is -1.74. The summed E-state index contributed by atoms with van der Waals surface area (Å²) in [7, 11) is -4.03. The third-order valence-corrected chi connectivity index (χ3v) is 3.15. The second-order valence-corrected chi connectivity index (χ2v) is 5.12. The summed E-state index contributed by atoms with van der Waals surface area (Å²) in [5, 5.41) is 8.81. The Balaban J connectivity index is 3.13. The first-order valence-corrected chi connectivity index (χ1v) is 6.75. The zero-order chi connectivity index (χ0) is 14.6. The largest absolute Gasteiger partial charge is 0.478 e. The number of nitrogens with one attached hydrogen (secondary N) is 2. The lowest BCUT2D eigenvalue weighted by Gasteiger charge is -2.11. The van der Waals surface area contributed by atoms with Gasteiger partial charge in [0.25, 0.3) is 10.2 Å². The van der Waals surface area contributed by atoms with Gasteiger partial charge in [0.05, 0.1) is 11.3 Å². The van der Waals surface area contributed by atoms with Crippen LogP contribution in [0.1, 0.15) is 23.7 Å². The molecule has 0 saturated heterocycles. The van der Waals surface area contributed by atoms with Gasteiger partial charge < -0.3 is 5.11 Å². The molecule has 19 heavy (non-hydrogen) atoms. The Bertz CT molecular complexity index is 589. The molecule has 106 valence electrons. The van der Waals surface area contributed by atoms with Crippen LogP contribution in [0.5, 0.6) is 0 Å². The van der Waals surface area contributed by atoms with Crippen LogP contribution in [-0.4, -0.2) is 26.0 Å². The van der Waals surface area contributed by atoms with Crippen molar-refractivity contribution in [3.8, 4) is 0 Å². The molecule has 0 radical (unpaired) electrons. The minimum atomic E-state index is -4.03. The molecule has 0 aromatic heterocycles. The van der Waals surface area contributed by atoms with Crippen molar-refractivity contribution in [3.05, 3.63) is 29.3 Å². The Morgan fingerprint density at radius 1 is 1.32 bits per heavy atom. The van der Waals surface area contributed by atoms with E-state index < -0.39 is 39.1 Å². The van der Waals surface area contributed by atoms with Crippen LogP contribution in [0.3, 0.4) is 0 Å². The van der Waals surface area contributed by atoms with Crippen LogP contribution in [0.4, 0.5) is 14.5 Å². The first-order valence-electron chi connectivity index (χ1n) is 5.26. The molecule has 0 fully saturated rings. The molecule has 0 unspecified atom stereocenters. The molecule has 0 aliphatic rings. The van der Waals surface area contributed by atoms with Gasteiger partial charge in [0.15, 0.2) is 11.6 Å². The topological polar surface area (TPSA) is 95.5 Å². The van der Waals surface area contributed by atoms with Gasteiger partial charge in [0.1, 0.15) is 0 Å². The third-order valence-electron chi connectivity index (χ3n) is 2.08. The Morgan fingerprint density at radius 2 is 1.89 bits per heavy atom. The van der Waals surface area contributed by atoms with Gasteiger partial charge in [-0.3, -0.25) is 4.72 Å². The zero-order valence-electron chi connectivity index (χ0n) is 9.91. The standard InChI is InChI=1S/C10H12F2N2O4S/c1-2-3-13-19(17,18)14-9-5-8(12)7(11)4-6(9)10(15)16/h4-5,13-14H,2-3H2,1H3,(H,15,16). The lowest BCUT2D eigenvalue weighted by atomic mass is 10.2. The summed E-state index contributed by atoms with van der Waals surface area (Å²) < 4.78 is 52.9. The molecule has 1 aromatic carbocycles. The summed E-state index contributed by atoms with van der Waals surface area (Å²) in [5.74, 6) is -4.30. The molecule has 1 rings (SSSR count). The highest BCUT2D eigenvalue weighted by Crippen LogP contribution is 2.21. The van der Waals surface area contributed by atoms with Gasteiger partial charge in [0, 0.05) is 12.6 Å². The first-order chi connectivity index (χ1) is 8.76. The third kappa shape index (κ3) is 4.14. The summed E-state index contributed by atoms with van der Waals surface area (Å²) in [4.78, 5) is 10.8. The number of carboxylic acid groups (broad SMARTS) is 1. The van der Waals surface area contributed by atoms with E-state index in [-0.39, 0.29) is 6.54 Å². The smallest absolute Gasteiger partial charge is 0.337 e. The van der Waals surface area contributed by atoms with E-state index in [1.165, 1.54) is 0 Å². The van der Waals surface area contributed by atoms with Crippen LogP contribution >= 0.6 is 0 Å². The number of carboxylic acids is 1. The average Bonchev–Trinajstić information content (AvgIpc) is 2.30. The normalized spacial score (nSPS) is 11.3. The van der Waals surface area contributed by atoms with Gasteiger partial charge in [-0.25, -0.2) is 13.6 Å². The molecule has 0 spiro atoms. The van der Waals surface area contributed by atoms with Crippen molar-refractivity contribution in [1.82, 2.24) is 4.72 Å². The summed E-state index contributed by atoms with van der Waals surface area (Å²) in [6.07, 6.45) is 0.518. The minimum absolute atomic E-state index is 0.126.